The first kappa shape index (κ1) is 15.4. The van der Waals surface area contributed by atoms with E-state index >= 15 is 0 Å². The molecule has 0 bridgehead atoms. The van der Waals surface area contributed by atoms with Gasteiger partial charge in [0.15, 0.2) is 4.90 Å². The largest absolute Gasteiger partial charge is 0.399 e. The van der Waals surface area contributed by atoms with Crippen molar-refractivity contribution in [3.8, 4) is 0 Å². The molecule has 0 aromatic heterocycles. The summed E-state index contributed by atoms with van der Waals surface area (Å²) in [5.74, 6) is 0. The van der Waals surface area contributed by atoms with Crippen LogP contribution in [0.3, 0.4) is 0 Å². The van der Waals surface area contributed by atoms with E-state index in [4.69, 9.17) is 5.73 Å². The minimum Gasteiger partial charge on any atom is -0.399 e. The number of anilines is 1. The van der Waals surface area contributed by atoms with Crippen LogP contribution < -0.4 is 5.73 Å². The van der Waals surface area contributed by atoms with Gasteiger partial charge >= 0.3 is 0 Å². The van der Waals surface area contributed by atoms with Crippen molar-refractivity contribution in [3.05, 3.63) is 28.3 Å². The van der Waals surface area contributed by atoms with Crippen molar-refractivity contribution in [2.45, 2.75) is 31.7 Å². The molecule has 0 saturated heterocycles. The summed E-state index contributed by atoms with van der Waals surface area (Å²) in [7, 11) is -3.94. The Kier molecular flexibility index (Phi) is 4.48. The van der Waals surface area contributed by atoms with Crippen LogP contribution in [0.25, 0.3) is 0 Å². The lowest BCUT2D eigenvalue weighted by atomic mass is 10.3. The highest BCUT2D eigenvalue weighted by Crippen LogP contribution is 2.29. The van der Waals surface area contributed by atoms with Gasteiger partial charge in [0, 0.05) is 24.3 Å². The molecular formula is C11H17N3O4S. The number of hydrogen-bond donors (Lipinski definition) is 1. The van der Waals surface area contributed by atoms with E-state index in [0.29, 0.717) is 0 Å². The normalized spacial score (nSPS) is 12.1. The molecule has 2 N–H and O–H groups in total. The molecule has 0 saturated carbocycles. The van der Waals surface area contributed by atoms with E-state index in [-0.39, 0.29) is 23.2 Å². The molecule has 0 unspecified atom stereocenters. The fourth-order valence-corrected chi connectivity index (χ4v) is 3.67. The van der Waals surface area contributed by atoms with Gasteiger partial charge in [0.1, 0.15) is 0 Å². The van der Waals surface area contributed by atoms with Crippen LogP contribution in [0.1, 0.15) is 20.8 Å². The number of nitrogens with zero attached hydrogens (tertiary/aromatic N) is 2. The van der Waals surface area contributed by atoms with Crippen LogP contribution in [-0.2, 0) is 10.0 Å². The van der Waals surface area contributed by atoms with Gasteiger partial charge in [-0.05, 0) is 26.0 Å². The minimum atomic E-state index is -3.94. The summed E-state index contributed by atoms with van der Waals surface area (Å²) in [4.78, 5) is 9.85. The molecule has 0 spiro atoms. The maximum atomic E-state index is 12.4. The summed E-state index contributed by atoms with van der Waals surface area (Å²) in [5.41, 5.74) is 5.24. The molecule has 0 atom stereocenters. The fraction of sp³-hybridized carbons (Fsp3) is 0.455. The van der Waals surface area contributed by atoms with Crippen molar-refractivity contribution in [1.82, 2.24) is 4.31 Å². The topological polar surface area (TPSA) is 107 Å². The number of nitro benzene ring substituents is 1. The molecule has 0 aliphatic heterocycles. The summed E-state index contributed by atoms with van der Waals surface area (Å²) >= 11 is 0. The molecule has 106 valence electrons. The molecule has 0 radical (unpaired) electrons. The molecular weight excluding hydrogens is 270 g/mol. The summed E-state index contributed by atoms with van der Waals surface area (Å²) in [6, 6.07) is 3.24. The molecule has 1 aromatic carbocycles. The number of hydrogen-bond acceptors (Lipinski definition) is 5. The summed E-state index contributed by atoms with van der Waals surface area (Å²) in [5, 5.41) is 10.9. The minimum absolute atomic E-state index is 0.170. The van der Waals surface area contributed by atoms with E-state index in [0.717, 1.165) is 12.1 Å². The first-order valence-electron chi connectivity index (χ1n) is 5.77. The number of rotatable bonds is 5. The van der Waals surface area contributed by atoms with Gasteiger partial charge in [-0.15, -0.1) is 0 Å². The number of nitro groups is 1. The van der Waals surface area contributed by atoms with Gasteiger partial charge in [0.2, 0.25) is 10.0 Å². The van der Waals surface area contributed by atoms with E-state index in [1.54, 1.807) is 20.8 Å². The van der Waals surface area contributed by atoms with E-state index in [9.17, 15) is 18.5 Å². The molecule has 19 heavy (non-hydrogen) atoms. The zero-order chi connectivity index (χ0) is 14.8. The number of nitrogens with two attached hydrogens (primary N) is 1. The Morgan fingerprint density at radius 3 is 2.42 bits per heavy atom. The van der Waals surface area contributed by atoms with Crippen LogP contribution >= 0.6 is 0 Å². The van der Waals surface area contributed by atoms with Crippen LogP contribution in [0, 0.1) is 10.1 Å². The predicted octanol–water partition coefficient (Wildman–Crippen LogP) is 1.60. The molecule has 0 heterocycles. The van der Waals surface area contributed by atoms with E-state index in [1.807, 2.05) is 0 Å². The highest BCUT2D eigenvalue weighted by Gasteiger charge is 2.32. The second kappa shape index (κ2) is 5.54. The van der Waals surface area contributed by atoms with E-state index in [1.165, 1.54) is 10.4 Å². The monoisotopic (exact) mass is 287 g/mol. The van der Waals surface area contributed by atoms with Crippen molar-refractivity contribution in [1.29, 1.82) is 0 Å². The molecule has 1 rings (SSSR count). The predicted molar refractivity (Wildman–Crippen MR) is 72.2 cm³/mol. The second-order valence-corrected chi connectivity index (χ2v) is 6.15. The van der Waals surface area contributed by atoms with Gasteiger partial charge in [-0.1, -0.05) is 6.92 Å². The lowest BCUT2D eigenvalue weighted by Gasteiger charge is -2.24. The zero-order valence-electron chi connectivity index (χ0n) is 11.0. The SMILES string of the molecule is CCN(C(C)C)S(=O)(=O)c1cc(N)ccc1[N+](=O)[O-]. The summed E-state index contributed by atoms with van der Waals surface area (Å²) < 4.78 is 26.1. The molecule has 0 aliphatic rings. The third-order valence-electron chi connectivity index (χ3n) is 2.65. The van der Waals surface area contributed by atoms with Crippen molar-refractivity contribution in [2.75, 3.05) is 12.3 Å². The van der Waals surface area contributed by atoms with Gasteiger partial charge in [-0.3, -0.25) is 10.1 Å². The molecule has 0 aliphatic carbocycles. The van der Waals surface area contributed by atoms with Gasteiger partial charge in [-0.2, -0.15) is 4.31 Å². The summed E-state index contributed by atoms with van der Waals surface area (Å²) in [6.07, 6.45) is 0. The van der Waals surface area contributed by atoms with Crippen LogP contribution in [0.4, 0.5) is 11.4 Å². The lowest BCUT2D eigenvalue weighted by molar-refractivity contribution is -0.387. The van der Waals surface area contributed by atoms with Gasteiger partial charge < -0.3 is 5.73 Å². The fourth-order valence-electron chi connectivity index (χ4n) is 1.83. The Bertz CT molecular complexity index is 584. The van der Waals surface area contributed by atoms with E-state index in [2.05, 4.69) is 0 Å². The molecule has 7 nitrogen and oxygen atoms in total. The Morgan fingerprint density at radius 1 is 1.42 bits per heavy atom. The highest BCUT2D eigenvalue weighted by molar-refractivity contribution is 7.89. The first-order valence-corrected chi connectivity index (χ1v) is 7.21. The van der Waals surface area contributed by atoms with Gasteiger partial charge in [-0.25, -0.2) is 8.42 Å². The highest BCUT2D eigenvalue weighted by atomic mass is 32.2. The van der Waals surface area contributed by atoms with Crippen LogP contribution in [0.5, 0.6) is 0 Å². The third-order valence-corrected chi connectivity index (χ3v) is 4.83. The Labute approximate surface area is 112 Å². The smallest absolute Gasteiger partial charge is 0.289 e. The van der Waals surface area contributed by atoms with Crippen LogP contribution in [0.15, 0.2) is 23.1 Å². The average Bonchev–Trinajstić information content (AvgIpc) is 2.28. The standard InChI is InChI=1S/C11H17N3O4S/c1-4-13(8(2)3)19(17,18)11-7-9(12)5-6-10(11)14(15)16/h5-8H,4,12H2,1-3H3. The van der Waals surface area contributed by atoms with E-state index < -0.39 is 20.6 Å². The molecule has 0 fully saturated rings. The van der Waals surface area contributed by atoms with Crippen LogP contribution in [-0.4, -0.2) is 30.2 Å². The number of nitrogen functional groups attached to an aromatic ring is 1. The number of sulfonamides is 1. The second-order valence-electron chi connectivity index (χ2n) is 4.29. The van der Waals surface area contributed by atoms with Gasteiger partial charge in [0.05, 0.1) is 4.92 Å². The van der Waals surface area contributed by atoms with Crippen LogP contribution in [0.2, 0.25) is 0 Å². The zero-order valence-corrected chi connectivity index (χ0v) is 11.8. The van der Waals surface area contributed by atoms with Crippen molar-refractivity contribution in [3.63, 3.8) is 0 Å². The number of benzene rings is 1. The van der Waals surface area contributed by atoms with Crippen molar-refractivity contribution in [2.24, 2.45) is 0 Å². The molecule has 0 amide bonds. The summed E-state index contributed by atoms with van der Waals surface area (Å²) in [6.45, 7) is 5.32. The van der Waals surface area contributed by atoms with Crippen molar-refractivity contribution >= 4 is 21.4 Å². The molecule has 8 heteroatoms. The third kappa shape index (κ3) is 3.02. The van der Waals surface area contributed by atoms with Crippen molar-refractivity contribution < 1.29 is 13.3 Å². The maximum absolute atomic E-state index is 12.4. The van der Waals surface area contributed by atoms with Gasteiger partial charge in [0.25, 0.3) is 5.69 Å². The first-order chi connectivity index (χ1) is 8.71. The maximum Gasteiger partial charge on any atom is 0.289 e. The average molecular weight is 287 g/mol. The Balaban J connectivity index is 3.51. The molecule has 1 aromatic rings. The Morgan fingerprint density at radius 2 is 2.00 bits per heavy atom. The Hall–Kier alpha value is -1.67. The lowest BCUT2D eigenvalue weighted by Crippen LogP contribution is -2.37. The quantitative estimate of drug-likeness (QED) is 0.503.